The Morgan fingerprint density at radius 1 is 0.298 bits per heavy atom. The molecule has 0 heterocycles. The number of esters is 4. The van der Waals surface area contributed by atoms with Gasteiger partial charge in [-0.2, -0.15) is 0 Å². The highest BCUT2D eigenvalue weighted by Gasteiger charge is 2.20. The van der Waals surface area contributed by atoms with Crippen LogP contribution in [0.1, 0.15) is 221 Å². The first-order valence-corrected chi connectivity index (χ1v) is 31.0. The summed E-state index contributed by atoms with van der Waals surface area (Å²) >= 11 is 0. The summed E-state index contributed by atoms with van der Waals surface area (Å²) in [7, 11) is 0. The normalized spacial score (nSPS) is 11.1. The minimum Gasteiger partial charge on any atom is -0.423 e. The van der Waals surface area contributed by atoms with Crippen LogP contribution in [0.5, 0.6) is 23.0 Å². The van der Waals surface area contributed by atoms with E-state index in [4.69, 9.17) is 18.9 Å². The van der Waals surface area contributed by atoms with Gasteiger partial charge in [0.2, 0.25) is 0 Å². The largest absolute Gasteiger partial charge is 0.423 e. The molecule has 7 rings (SSSR count). The predicted molar refractivity (Wildman–Crippen MR) is 332 cm³/mol. The molecule has 10 heteroatoms. The quantitative estimate of drug-likeness (QED) is 0.0217. The van der Waals surface area contributed by atoms with E-state index in [1.165, 1.54) is 202 Å². The van der Waals surface area contributed by atoms with Crippen LogP contribution >= 0.6 is 0 Å². The van der Waals surface area contributed by atoms with Crippen LogP contribution in [0, 0.1) is 11.6 Å². The van der Waals surface area contributed by atoms with E-state index in [1.807, 2.05) is 24.3 Å². The number of hydrogen-bond donors (Lipinski definition) is 0. The van der Waals surface area contributed by atoms with Crippen molar-refractivity contribution in [1.82, 2.24) is 0 Å². The van der Waals surface area contributed by atoms with Gasteiger partial charge in [-0.25, -0.2) is 28.0 Å². The lowest BCUT2D eigenvalue weighted by molar-refractivity contribution is 0.0720. The highest BCUT2D eigenvalue weighted by Crippen LogP contribution is 2.28. The molecule has 0 N–H and O–H groups in total. The molecule has 442 valence electrons. The molecule has 0 saturated carbocycles. The zero-order valence-corrected chi connectivity index (χ0v) is 49.4. The molecule has 0 atom stereocenters. The Labute approximate surface area is 497 Å². The average molecular weight is 1140 g/mol. The molecule has 0 aliphatic heterocycles. The van der Waals surface area contributed by atoms with Gasteiger partial charge < -0.3 is 18.9 Å². The zero-order valence-electron chi connectivity index (χ0n) is 49.4. The summed E-state index contributed by atoms with van der Waals surface area (Å²) in [5.74, 6) is -5.95. The Morgan fingerprint density at radius 3 is 0.881 bits per heavy atom. The lowest BCUT2D eigenvalue weighted by Gasteiger charge is -2.10. The fourth-order valence-electron chi connectivity index (χ4n) is 10.4. The molecule has 0 aliphatic rings. The SMILES string of the molecule is CCCCCCCCCCCCCCc1ccc(-c2ccc(C(=O)Oc3ccc(C(=O)Oc4cccc(OC(=O)c5ccc(OC(=O)c6ccc(-c7ccc(CCCCCCCCCCCCCC)cc7)cc6)cc5F)c4)c(F)c3)cc2)cc1. The molecule has 0 unspecified atom stereocenters. The van der Waals surface area contributed by atoms with E-state index < -0.39 is 46.6 Å². The molecule has 8 nitrogen and oxygen atoms in total. The fraction of sp³-hybridized carbons (Fsp3) is 0.378. The van der Waals surface area contributed by atoms with Gasteiger partial charge in [-0.15, -0.1) is 0 Å². The summed E-state index contributed by atoms with van der Waals surface area (Å²) in [5, 5.41) is 0. The van der Waals surface area contributed by atoms with E-state index >= 15 is 8.78 Å². The second-order valence-electron chi connectivity index (χ2n) is 22.1. The third kappa shape index (κ3) is 21.5. The van der Waals surface area contributed by atoms with Crippen LogP contribution < -0.4 is 18.9 Å². The fourth-order valence-corrected chi connectivity index (χ4v) is 10.4. The van der Waals surface area contributed by atoms with Crippen LogP contribution in [-0.2, 0) is 12.8 Å². The number of aryl methyl sites for hydroxylation is 2. The van der Waals surface area contributed by atoms with Gasteiger partial charge in [-0.1, -0.05) is 234 Å². The summed E-state index contributed by atoms with van der Waals surface area (Å²) in [6.45, 7) is 4.52. The highest BCUT2D eigenvalue weighted by molar-refractivity contribution is 5.95. The average Bonchev–Trinajstić information content (AvgIpc) is 3.56. The van der Waals surface area contributed by atoms with Gasteiger partial charge in [0.25, 0.3) is 0 Å². The van der Waals surface area contributed by atoms with E-state index in [1.54, 1.807) is 24.3 Å². The lowest BCUT2D eigenvalue weighted by atomic mass is 10.00. The molecule has 0 radical (unpaired) electrons. The topological polar surface area (TPSA) is 105 Å². The minimum absolute atomic E-state index is 0.0942. The summed E-state index contributed by atoms with van der Waals surface area (Å²) < 4.78 is 52.3. The van der Waals surface area contributed by atoms with Crippen molar-refractivity contribution >= 4 is 23.9 Å². The molecule has 7 aromatic carbocycles. The molecule has 0 fully saturated rings. The molecular weight excluding hydrogens is 1050 g/mol. The molecule has 84 heavy (non-hydrogen) atoms. The van der Waals surface area contributed by atoms with E-state index in [-0.39, 0.29) is 34.1 Å². The molecule has 0 spiro atoms. The number of carbonyl (C=O) groups is 4. The van der Waals surface area contributed by atoms with Crippen molar-refractivity contribution in [1.29, 1.82) is 0 Å². The van der Waals surface area contributed by atoms with Crippen LogP contribution in [-0.4, -0.2) is 23.9 Å². The first-order chi connectivity index (χ1) is 41.1. The second kappa shape index (κ2) is 35.4. The minimum atomic E-state index is -1.07. The van der Waals surface area contributed by atoms with Crippen molar-refractivity contribution in [3.8, 4) is 45.3 Å². The van der Waals surface area contributed by atoms with Crippen LogP contribution in [0.3, 0.4) is 0 Å². The monoisotopic (exact) mass is 1140 g/mol. The van der Waals surface area contributed by atoms with Crippen molar-refractivity contribution in [3.05, 3.63) is 203 Å². The number of carbonyl (C=O) groups excluding carboxylic acids is 4. The molecule has 7 aromatic rings. The van der Waals surface area contributed by atoms with Gasteiger partial charge in [0.05, 0.1) is 22.3 Å². The Bertz CT molecular complexity index is 2920. The standard InChI is InChI=1S/C74H84F2O8/c1-3-5-7-9-11-13-15-17-19-21-23-25-28-55-32-36-57(37-33-55)59-40-44-61(45-41-59)71(77)81-65-48-50-67(69(75)53-65)73(79)83-63-30-27-31-64(52-63)84-74(80)68-51-49-66(54-70(68)76)82-72(78)62-46-42-60(43-47-62)58-38-34-56(35-39-58)29-26-24-22-20-18-16-14-12-10-8-6-4-2/h27,30-54H,3-26,28-29H2,1-2H3. The van der Waals surface area contributed by atoms with E-state index in [0.29, 0.717) is 0 Å². The molecule has 0 amide bonds. The number of benzene rings is 7. The van der Waals surface area contributed by atoms with E-state index in [2.05, 4.69) is 62.4 Å². The van der Waals surface area contributed by atoms with Crippen LogP contribution in [0.4, 0.5) is 8.78 Å². The number of hydrogen-bond acceptors (Lipinski definition) is 8. The Kier molecular flexibility index (Phi) is 26.9. The number of halogens is 2. The molecule has 0 aromatic heterocycles. The Balaban J connectivity index is 0.801. The maximum absolute atomic E-state index is 15.3. The van der Waals surface area contributed by atoms with Gasteiger partial charge >= 0.3 is 23.9 Å². The summed E-state index contributed by atoms with van der Waals surface area (Å²) in [5.41, 5.74) is 6.19. The maximum atomic E-state index is 15.3. The first-order valence-electron chi connectivity index (χ1n) is 31.0. The van der Waals surface area contributed by atoms with Gasteiger partial charge in [-0.05, 0) is 120 Å². The molecule has 0 bridgehead atoms. The molecular formula is C74H84F2O8. The highest BCUT2D eigenvalue weighted by atomic mass is 19.1. The van der Waals surface area contributed by atoms with Gasteiger partial charge in [-0.3, -0.25) is 0 Å². The van der Waals surface area contributed by atoms with Crippen molar-refractivity contribution in [3.63, 3.8) is 0 Å². The third-order valence-electron chi connectivity index (χ3n) is 15.4. The van der Waals surface area contributed by atoms with Crippen LogP contribution in [0.15, 0.2) is 158 Å². The predicted octanol–water partition coefficient (Wildman–Crippen LogP) is 20.7. The summed E-state index contributed by atoms with van der Waals surface area (Å²) in [6.07, 6.45) is 34.0. The Hall–Kier alpha value is -7.72. The van der Waals surface area contributed by atoms with Crippen molar-refractivity contribution < 1.29 is 46.9 Å². The van der Waals surface area contributed by atoms with E-state index in [9.17, 15) is 19.2 Å². The van der Waals surface area contributed by atoms with Crippen LogP contribution in [0.2, 0.25) is 0 Å². The number of unbranched alkanes of at least 4 members (excludes halogenated alkanes) is 22. The maximum Gasteiger partial charge on any atom is 0.346 e. The van der Waals surface area contributed by atoms with Gasteiger partial charge in [0.15, 0.2) is 0 Å². The number of ether oxygens (including phenoxy) is 4. The van der Waals surface area contributed by atoms with Gasteiger partial charge in [0, 0.05) is 18.2 Å². The van der Waals surface area contributed by atoms with Crippen molar-refractivity contribution in [2.75, 3.05) is 0 Å². The van der Waals surface area contributed by atoms with Crippen molar-refractivity contribution in [2.24, 2.45) is 0 Å². The van der Waals surface area contributed by atoms with E-state index in [0.717, 1.165) is 59.4 Å². The Morgan fingerprint density at radius 2 is 0.571 bits per heavy atom. The molecule has 0 saturated heterocycles. The summed E-state index contributed by atoms with van der Waals surface area (Å²) in [4.78, 5) is 52.3. The summed E-state index contributed by atoms with van der Waals surface area (Å²) in [6, 6.07) is 43.0. The number of rotatable bonds is 36. The zero-order chi connectivity index (χ0) is 59.1. The third-order valence-corrected chi connectivity index (χ3v) is 15.4. The first kappa shape index (κ1) is 63.9. The van der Waals surface area contributed by atoms with Gasteiger partial charge in [0.1, 0.15) is 34.6 Å². The molecule has 0 aliphatic carbocycles. The van der Waals surface area contributed by atoms with Crippen LogP contribution in [0.25, 0.3) is 22.3 Å². The smallest absolute Gasteiger partial charge is 0.346 e. The second-order valence-corrected chi connectivity index (χ2v) is 22.1. The van der Waals surface area contributed by atoms with Crippen molar-refractivity contribution in [2.45, 2.75) is 181 Å². The lowest BCUT2D eigenvalue weighted by Crippen LogP contribution is -2.13.